The van der Waals surface area contributed by atoms with E-state index in [9.17, 15) is 14.9 Å². The number of nitrogens with one attached hydrogen (secondary N) is 1. The van der Waals surface area contributed by atoms with Crippen molar-refractivity contribution >= 4 is 23.2 Å². The first-order chi connectivity index (χ1) is 8.97. The van der Waals surface area contributed by atoms with Crippen molar-refractivity contribution in [2.75, 3.05) is 0 Å². The minimum absolute atomic E-state index is 0.0208. The Bertz CT molecular complexity index is 515. The number of halogens is 1. The maximum absolute atomic E-state index is 12.0. The van der Waals surface area contributed by atoms with Gasteiger partial charge in [0.15, 0.2) is 0 Å². The van der Waals surface area contributed by atoms with Crippen molar-refractivity contribution in [2.45, 2.75) is 32.2 Å². The molecule has 1 saturated carbocycles. The summed E-state index contributed by atoms with van der Waals surface area (Å²) in [7, 11) is 0. The number of nitrogens with zero attached hydrogens (tertiary/aromatic N) is 1. The van der Waals surface area contributed by atoms with Crippen LogP contribution in [0.3, 0.4) is 0 Å². The largest absolute Gasteiger partial charge is 0.350 e. The highest BCUT2D eigenvalue weighted by molar-refractivity contribution is 6.33. The molecule has 1 unspecified atom stereocenters. The zero-order chi connectivity index (χ0) is 14.0. The van der Waals surface area contributed by atoms with Gasteiger partial charge < -0.3 is 5.32 Å². The van der Waals surface area contributed by atoms with Gasteiger partial charge in [0.2, 0.25) is 0 Å². The Morgan fingerprint density at radius 2 is 2.26 bits per heavy atom. The molecule has 0 radical (unpaired) electrons. The van der Waals surface area contributed by atoms with E-state index in [-0.39, 0.29) is 22.7 Å². The molecular weight excluding hydrogens is 268 g/mol. The van der Waals surface area contributed by atoms with Gasteiger partial charge in [0.25, 0.3) is 11.6 Å². The molecule has 0 saturated heterocycles. The third-order valence-electron chi connectivity index (χ3n) is 3.17. The first-order valence-corrected chi connectivity index (χ1v) is 6.60. The van der Waals surface area contributed by atoms with E-state index in [4.69, 9.17) is 11.6 Å². The van der Waals surface area contributed by atoms with E-state index in [1.54, 1.807) is 0 Å². The van der Waals surface area contributed by atoms with Gasteiger partial charge >= 0.3 is 0 Å². The average Bonchev–Trinajstić information content (AvgIpc) is 3.11. The summed E-state index contributed by atoms with van der Waals surface area (Å²) in [5.41, 5.74) is 0.155. The molecule has 2 rings (SSSR count). The quantitative estimate of drug-likeness (QED) is 0.666. The number of nitro groups is 1. The SMILES string of the molecule is CC(CC1CC1)NC(=O)c1ccc([N+](=O)[O-])c(Cl)c1. The molecule has 0 aliphatic heterocycles. The third-order valence-corrected chi connectivity index (χ3v) is 3.47. The van der Waals surface area contributed by atoms with Crippen LogP contribution in [0.4, 0.5) is 5.69 Å². The van der Waals surface area contributed by atoms with Gasteiger partial charge in [-0.05, 0) is 31.4 Å². The summed E-state index contributed by atoms with van der Waals surface area (Å²) in [6.07, 6.45) is 3.46. The van der Waals surface area contributed by atoms with E-state index in [1.165, 1.54) is 31.0 Å². The van der Waals surface area contributed by atoms with E-state index in [1.807, 2.05) is 6.92 Å². The molecule has 102 valence electrons. The number of hydrogen-bond acceptors (Lipinski definition) is 3. The van der Waals surface area contributed by atoms with E-state index < -0.39 is 4.92 Å². The van der Waals surface area contributed by atoms with Crippen LogP contribution in [0.15, 0.2) is 18.2 Å². The fourth-order valence-corrected chi connectivity index (χ4v) is 2.27. The van der Waals surface area contributed by atoms with Gasteiger partial charge in [-0.25, -0.2) is 0 Å². The highest BCUT2D eigenvalue weighted by atomic mass is 35.5. The molecule has 0 heterocycles. The molecule has 1 N–H and O–H groups in total. The minimum Gasteiger partial charge on any atom is -0.350 e. The highest BCUT2D eigenvalue weighted by Gasteiger charge is 2.24. The Kier molecular flexibility index (Phi) is 4.04. The molecule has 1 aliphatic carbocycles. The van der Waals surface area contributed by atoms with Crippen molar-refractivity contribution in [1.29, 1.82) is 0 Å². The second-order valence-electron chi connectivity index (χ2n) is 4.98. The number of amides is 1. The van der Waals surface area contributed by atoms with Gasteiger partial charge in [0.05, 0.1) is 4.92 Å². The van der Waals surface area contributed by atoms with Crippen molar-refractivity contribution < 1.29 is 9.72 Å². The average molecular weight is 283 g/mol. The van der Waals surface area contributed by atoms with Gasteiger partial charge in [-0.1, -0.05) is 24.4 Å². The molecule has 1 atom stereocenters. The second-order valence-corrected chi connectivity index (χ2v) is 5.38. The van der Waals surface area contributed by atoms with Crippen LogP contribution < -0.4 is 5.32 Å². The standard InChI is InChI=1S/C13H15ClN2O3/c1-8(6-9-2-3-9)15-13(17)10-4-5-12(16(18)19)11(14)7-10/h4-5,7-9H,2-3,6H2,1H3,(H,15,17). The predicted octanol–water partition coefficient (Wildman–Crippen LogP) is 3.17. The summed E-state index contributed by atoms with van der Waals surface area (Å²) in [6.45, 7) is 1.96. The normalized spacial score (nSPS) is 15.9. The molecule has 1 aromatic rings. The van der Waals surface area contributed by atoms with Crippen LogP contribution >= 0.6 is 11.6 Å². The number of carbonyl (C=O) groups is 1. The Morgan fingerprint density at radius 1 is 1.58 bits per heavy atom. The minimum atomic E-state index is -0.570. The summed E-state index contributed by atoms with van der Waals surface area (Å²) >= 11 is 5.78. The summed E-state index contributed by atoms with van der Waals surface area (Å²) < 4.78 is 0. The van der Waals surface area contributed by atoms with Crippen molar-refractivity contribution in [3.63, 3.8) is 0 Å². The van der Waals surface area contributed by atoms with Gasteiger partial charge in [-0.3, -0.25) is 14.9 Å². The molecule has 0 aromatic heterocycles. The molecule has 5 nitrogen and oxygen atoms in total. The number of hydrogen-bond donors (Lipinski definition) is 1. The van der Waals surface area contributed by atoms with Crippen LogP contribution in [0, 0.1) is 16.0 Å². The van der Waals surface area contributed by atoms with Gasteiger partial charge in [-0.15, -0.1) is 0 Å². The first kappa shape index (κ1) is 13.8. The van der Waals surface area contributed by atoms with E-state index in [0.29, 0.717) is 5.56 Å². The summed E-state index contributed by atoms with van der Waals surface area (Å²) in [5.74, 6) is 0.487. The van der Waals surface area contributed by atoms with Crippen LogP contribution in [-0.2, 0) is 0 Å². The topological polar surface area (TPSA) is 72.2 Å². The van der Waals surface area contributed by atoms with Crippen LogP contribution in [0.2, 0.25) is 5.02 Å². The van der Waals surface area contributed by atoms with E-state index in [0.717, 1.165) is 12.3 Å². The molecule has 1 amide bonds. The van der Waals surface area contributed by atoms with E-state index in [2.05, 4.69) is 5.32 Å². The molecule has 1 aliphatic rings. The zero-order valence-corrected chi connectivity index (χ0v) is 11.3. The Labute approximate surface area is 116 Å². The van der Waals surface area contributed by atoms with Crippen LogP contribution in [0.5, 0.6) is 0 Å². The fraction of sp³-hybridized carbons (Fsp3) is 0.462. The maximum atomic E-state index is 12.0. The van der Waals surface area contributed by atoms with Crippen molar-refractivity contribution in [3.8, 4) is 0 Å². The molecule has 6 heteroatoms. The molecule has 0 spiro atoms. The smallest absolute Gasteiger partial charge is 0.287 e. The van der Waals surface area contributed by atoms with Crippen molar-refractivity contribution in [3.05, 3.63) is 38.9 Å². The summed E-state index contributed by atoms with van der Waals surface area (Å²) in [4.78, 5) is 22.0. The number of benzene rings is 1. The Morgan fingerprint density at radius 3 is 2.79 bits per heavy atom. The first-order valence-electron chi connectivity index (χ1n) is 6.22. The highest BCUT2D eigenvalue weighted by Crippen LogP contribution is 2.33. The summed E-state index contributed by atoms with van der Waals surface area (Å²) in [6, 6.07) is 4.11. The van der Waals surface area contributed by atoms with Gasteiger partial charge in [0.1, 0.15) is 5.02 Å². The lowest BCUT2D eigenvalue weighted by molar-refractivity contribution is -0.384. The molecule has 19 heavy (non-hydrogen) atoms. The lowest BCUT2D eigenvalue weighted by atomic mass is 10.1. The monoisotopic (exact) mass is 282 g/mol. The molecule has 0 bridgehead atoms. The maximum Gasteiger partial charge on any atom is 0.287 e. The van der Waals surface area contributed by atoms with Crippen LogP contribution in [0.1, 0.15) is 36.5 Å². The molecular formula is C13H15ClN2O3. The summed E-state index contributed by atoms with van der Waals surface area (Å²) in [5, 5.41) is 13.5. The molecule has 1 fully saturated rings. The molecule has 1 aromatic carbocycles. The lowest BCUT2D eigenvalue weighted by Gasteiger charge is -2.13. The predicted molar refractivity (Wildman–Crippen MR) is 72.4 cm³/mol. The van der Waals surface area contributed by atoms with Crippen LogP contribution in [0.25, 0.3) is 0 Å². The van der Waals surface area contributed by atoms with E-state index >= 15 is 0 Å². The number of carbonyl (C=O) groups excluding carboxylic acids is 1. The van der Waals surface area contributed by atoms with Gasteiger partial charge in [-0.2, -0.15) is 0 Å². The lowest BCUT2D eigenvalue weighted by Crippen LogP contribution is -2.32. The second kappa shape index (κ2) is 5.57. The van der Waals surface area contributed by atoms with Gasteiger partial charge in [0, 0.05) is 17.7 Å². The Hall–Kier alpha value is -1.62. The van der Waals surface area contributed by atoms with Crippen LogP contribution in [-0.4, -0.2) is 16.9 Å². The zero-order valence-electron chi connectivity index (χ0n) is 10.6. The Balaban J connectivity index is 2.02. The van der Waals surface area contributed by atoms with Crippen molar-refractivity contribution in [2.24, 2.45) is 5.92 Å². The number of nitro benzene ring substituents is 1. The third kappa shape index (κ3) is 3.67. The van der Waals surface area contributed by atoms with Crippen molar-refractivity contribution in [1.82, 2.24) is 5.32 Å². The number of rotatable bonds is 5. The fourth-order valence-electron chi connectivity index (χ4n) is 2.02.